The molecule has 168 valence electrons. The Balaban J connectivity index is 1.58. The molecule has 1 atom stereocenters. The summed E-state index contributed by atoms with van der Waals surface area (Å²) in [5.41, 5.74) is 8.12. The maximum Gasteiger partial charge on any atom is 0.246 e. The number of fused-ring (bicyclic) bond motifs is 1. The molecule has 0 spiro atoms. The number of amides is 1. The van der Waals surface area contributed by atoms with Gasteiger partial charge in [0.2, 0.25) is 11.9 Å². The number of imidazole rings is 1. The summed E-state index contributed by atoms with van der Waals surface area (Å²) in [7, 11) is 1.63. The predicted octanol–water partition coefficient (Wildman–Crippen LogP) is 2.53. The highest BCUT2D eigenvalue weighted by atomic mass is 16.5. The van der Waals surface area contributed by atoms with E-state index in [0.29, 0.717) is 48.4 Å². The SMILES string of the molecule is C=CC(=O)N1CCCC(n2cnc3c(N)nc(Nc4cccc(OCCOC)c4)nc32)C1. The fraction of sp³-hybridized carbons (Fsp3) is 0.364. The Morgan fingerprint density at radius 3 is 3.06 bits per heavy atom. The van der Waals surface area contributed by atoms with Crippen molar-refractivity contribution in [2.45, 2.75) is 18.9 Å². The number of ether oxygens (including phenoxy) is 2. The van der Waals surface area contributed by atoms with Crippen LogP contribution in [-0.4, -0.2) is 63.7 Å². The highest BCUT2D eigenvalue weighted by Crippen LogP contribution is 2.28. The number of nitrogens with two attached hydrogens (primary N) is 1. The molecule has 1 amide bonds. The van der Waals surface area contributed by atoms with Gasteiger partial charge in [0.05, 0.1) is 19.0 Å². The largest absolute Gasteiger partial charge is 0.491 e. The number of nitrogens with one attached hydrogen (secondary N) is 1. The predicted molar refractivity (Wildman–Crippen MR) is 122 cm³/mol. The number of hydrogen-bond acceptors (Lipinski definition) is 8. The summed E-state index contributed by atoms with van der Waals surface area (Å²) >= 11 is 0. The van der Waals surface area contributed by atoms with Crippen LogP contribution in [0, 0.1) is 0 Å². The van der Waals surface area contributed by atoms with Crippen molar-refractivity contribution in [3.05, 3.63) is 43.2 Å². The van der Waals surface area contributed by atoms with E-state index >= 15 is 0 Å². The van der Waals surface area contributed by atoms with Crippen molar-refractivity contribution in [1.29, 1.82) is 0 Å². The molecule has 10 heteroatoms. The second kappa shape index (κ2) is 9.65. The quantitative estimate of drug-likeness (QED) is 0.407. The standard InChI is InChI=1S/C22H27N7O3/c1-3-18(30)28-9-5-7-16(13-28)29-14-24-19-20(23)26-22(27-21(19)29)25-15-6-4-8-17(12-15)32-11-10-31-2/h3-4,6,8,12,14,16H,1,5,7,9-11,13H2,2H3,(H3,23,25,26,27). The van der Waals surface area contributed by atoms with Gasteiger partial charge in [-0.1, -0.05) is 12.6 Å². The molecule has 0 bridgehead atoms. The van der Waals surface area contributed by atoms with Crippen LogP contribution in [0.2, 0.25) is 0 Å². The molecule has 4 rings (SSSR count). The van der Waals surface area contributed by atoms with Gasteiger partial charge in [0.1, 0.15) is 17.9 Å². The first kappa shape index (κ1) is 21.6. The Morgan fingerprint density at radius 2 is 2.25 bits per heavy atom. The van der Waals surface area contributed by atoms with Crippen molar-refractivity contribution >= 4 is 34.5 Å². The Bertz CT molecular complexity index is 1110. The lowest BCUT2D eigenvalue weighted by molar-refractivity contribution is -0.127. The number of benzene rings is 1. The summed E-state index contributed by atoms with van der Waals surface area (Å²) in [6.07, 6.45) is 4.88. The molecule has 1 unspecified atom stereocenters. The smallest absolute Gasteiger partial charge is 0.246 e. The number of anilines is 3. The van der Waals surface area contributed by atoms with Gasteiger partial charge in [0.25, 0.3) is 0 Å². The first-order valence-corrected chi connectivity index (χ1v) is 10.5. The third-order valence-electron chi connectivity index (χ3n) is 5.37. The average Bonchev–Trinajstić information content (AvgIpc) is 3.24. The highest BCUT2D eigenvalue weighted by molar-refractivity contribution is 5.87. The zero-order valence-electron chi connectivity index (χ0n) is 18.0. The summed E-state index contributed by atoms with van der Waals surface area (Å²) < 4.78 is 12.7. The molecule has 0 aliphatic carbocycles. The van der Waals surface area contributed by atoms with E-state index in [1.54, 1.807) is 18.3 Å². The van der Waals surface area contributed by atoms with E-state index in [4.69, 9.17) is 15.2 Å². The van der Waals surface area contributed by atoms with Crippen molar-refractivity contribution in [2.75, 3.05) is 44.5 Å². The van der Waals surface area contributed by atoms with Crippen molar-refractivity contribution < 1.29 is 14.3 Å². The van der Waals surface area contributed by atoms with Crippen LogP contribution in [0.25, 0.3) is 11.2 Å². The summed E-state index contributed by atoms with van der Waals surface area (Å²) in [5.74, 6) is 1.29. The third kappa shape index (κ3) is 4.65. The molecule has 10 nitrogen and oxygen atoms in total. The molecule has 0 saturated carbocycles. The Hall–Kier alpha value is -3.66. The molecule has 3 N–H and O–H groups in total. The van der Waals surface area contributed by atoms with Crippen LogP contribution >= 0.6 is 0 Å². The van der Waals surface area contributed by atoms with Crippen molar-refractivity contribution in [3.63, 3.8) is 0 Å². The second-order valence-electron chi connectivity index (χ2n) is 7.54. The number of methoxy groups -OCH3 is 1. The number of piperidine rings is 1. The van der Waals surface area contributed by atoms with Gasteiger partial charge in [-0.3, -0.25) is 4.79 Å². The fourth-order valence-electron chi connectivity index (χ4n) is 3.81. The zero-order valence-corrected chi connectivity index (χ0v) is 18.0. The average molecular weight is 438 g/mol. The Kier molecular flexibility index (Phi) is 6.50. The number of carbonyl (C=O) groups is 1. The van der Waals surface area contributed by atoms with Crippen LogP contribution in [0.4, 0.5) is 17.5 Å². The molecule has 32 heavy (non-hydrogen) atoms. The highest BCUT2D eigenvalue weighted by Gasteiger charge is 2.25. The van der Waals surface area contributed by atoms with Gasteiger partial charge in [-0.05, 0) is 31.1 Å². The molecule has 2 aromatic heterocycles. The lowest BCUT2D eigenvalue weighted by atomic mass is 10.1. The molecule has 1 fully saturated rings. The van der Waals surface area contributed by atoms with Gasteiger partial charge in [-0.15, -0.1) is 0 Å². The maximum atomic E-state index is 12.1. The topological polar surface area (TPSA) is 120 Å². The summed E-state index contributed by atoms with van der Waals surface area (Å²) in [6.45, 7) is 5.86. The van der Waals surface area contributed by atoms with Gasteiger partial charge in [0, 0.05) is 32.0 Å². The minimum atomic E-state index is -0.0665. The fourth-order valence-corrected chi connectivity index (χ4v) is 3.81. The summed E-state index contributed by atoms with van der Waals surface area (Å²) in [5, 5.41) is 3.19. The summed E-state index contributed by atoms with van der Waals surface area (Å²) in [6, 6.07) is 7.55. The summed E-state index contributed by atoms with van der Waals surface area (Å²) in [4.78, 5) is 27.3. The van der Waals surface area contributed by atoms with Crippen molar-refractivity contribution in [1.82, 2.24) is 24.4 Å². The van der Waals surface area contributed by atoms with Gasteiger partial charge in [0.15, 0.2) is 11.5 Å². The first-order chi connectivity index (χ1) is 15.6. The van der Waals surface area contributed by atoms with E-state index in [-0.39, 0.29) is 11.9 Å². The number of carbonyl (C=O) groups excluding carboxylic acids is 1. The van der Waals surface area contributed by atoms with E-state index < -0.39 is 0 Å². The number of likely N-dealkylation sites (tertiary alicyclic amines) is 1. The van der Waals surface area contributed by atoms with Gasteiger partial charge >= 0.3 is 0 Å². The van der Waals surface area contributed by atoms with Crippen LogP contribution in [0.5, 0.6) is 5.75 Å². The molecule has 3 heterocycles. The molecule has 1 aromatic carbocycles. The minimum Gasteiger partial charge on any atom is -0.491 e. The minimum absolute atomic E-state index is 0.0531. The molecule has 1 aliphatic heterocycles. The van der Waals surface area contributed by atoms with Crippen LogP contribution in [-0.2, 0) is 9.53 Å². The maximum absolute atomic E-state index is 12.1. The Labute approximate surface area is 186 Å². The lowest BCUT2D eigenvalue weighted by Gasteiger charge is -2.32. The van der Waals surface area contributed by atoms with Gasteiger partial charge in [-0.25, -0.2) is 4.98 Å². The molecule has 1 saturated heterocycles. The number of rotatable bonds is 8. The Morgan fingerprint density at radius 1 is 1.38 bits per heavy atom. The van der Waals surface area contributed by atoms with Crippen LogP contribution < -0.4 is 15.8 Å². The monoisotopic (exact) mass is 437 g/mol. The van der Waals surface area contributed by atoms with E-state index in [2.05, 4.69) is 26.8 Å². The molecular formula is C22H27N7O3. The van der Waals surface area contributed by atoms with Crippen LogP contribution in [0.3, 0.4) is 0 Å². The van der Waals surface area contributed by atoms with Crippen molar-refractivity contribution in [3.8, 4) is 5.75 Å². The molecule has 1 aliphatic rings. The van der Waals surface area contributed by atoms with Crippen LogP contribution in [0.15, 0.2) is 43.2 Å². The van der Waals surface area contributed by atoms with E-state index in [9.17, 15) is 4.79 Å². The second-order valence-corrected chi connectivity index (χ2v) is 7.54. The zero-order chi connectivity index (χ0) is 22.5. The van der Waals surface area contributed by atoms with E-state index in [1.165, 1.54) is 6.08 Å². The van der Waals surface area contributed by atoms with Gasteiger partial charge in [-0.2, -0.15) is 9.97 Å². The number of nitrogens with zero attached hydrogens (tertiary/aromatic N) is 5. The van der Waals surface area contributed by atoms with Crippen molar-refractivity contribution in [2.24, 2.45) is 0 Å². The number of nitrogen functional groups attached to an aromatic ring is 1. The molecular weight excluding hydrogens is 410 g/mol. The van der Waals surface area contributed by atoms with Gasteiger partial charge < -0.3 is 30.0 Å². The number of aromatic nitrogens is 4. The van der Waals surface area contributed by atoms with E-state index in [0.717, 1.165) is 25.1 Å². The molecule has 0 radical (unpaired) electrons. The van der Waals surface area contributed by atoms with E-state index in [1.807, 2.05) is 28.8 Å². The first-order valence-electron chi connectivity index (χ1n) is 10.5. The normalized spacial score (nSPS) is 16.2. The lowest BCUT2D eigenvalue weighted by Crippen LogP contribution is -2.39. The third-order valence-corrected chi connectivity index (χ3v) is 5.37. The van der Waals surface area contributed by atoms with Crippen LogP contribution in [0.1, 0.15) is 18.9 Å². The number of hydrogen-bond donors (Lipinski definition) is 2. The molecule has 3 aromatic rings.